The summed E-state index contributed by atoms with van der Waals surface area (Å²) in [5.41, 5.74) is 2.25. The summed E-state index contributed by atoms with van der Waals surface area (Å²) in [7, 11) is -1.91. The minimum absolute atomic E-state index is 0.122. The molecule has 3 aromatic rings. The number of ketones is 1. The van der Waals surface area contributed by atoms with Gasteiger partial charge in [-0.25, -0.2) is 13.4 Å². The Labute approximate surface area is 133 Å². The molecular weight excluding hydrogens is 314 g/mol. The zero-order valence-corrected chi connectivity index (χ0v) is 13.5. The van der Waals surface area contributed by atoms with Crippen LogP contribution in [0.1, 0.15) is 17.3 Å². The van der Waals surface area contributed by atoms with Gasteiger partial charge in [-0.1, -0.05) is 12.1 Å². The van der Waals surface area contributed by atoms with Crippen molar-refractivity contribution in [3.63, 3.8) is 0 Å². The van der Waals surface area contributed by atoms with E-state index in [1.54, 1.807) is 30.6 Å². The topological polar surface area (TPSA) is 81.1 Å². The number of hydrogen-bond donors (Lipinski definition) is 1. The predicted molar refractivity (Wildman–Crippen MR) is 88.0 cm³/mol. The van der Waals surface area contributed by atoms with Gasteiger partial charge in [0.15, 0.2) is 5.78 Å². The summed E-state index contributed by atoms with van der Waals surface area (Å²) in [6.07, 6.45) is 1.63. The van der Waals surface area contributed by atoms with Crippen molar-refractivity contribution in [3.05, 3.63) is 54.4 Å². The fraction of sp³-hybridized carbons (Fsp3) is 0.125. The number of benzene rings is 2. The Bertz CT molecular complexity index is 1010. The molecule has 0 aliphatic rings. The SMILES string of the molecule is CC(=O)c1cccc(NS(=O)(=O)c2ccc3c(c2)ncn3C)c1. The molecule has 23 heavy (non-hydrogen) atoms. The Morgan fingerprint density at radius 1 is 1.17 bits per heavy atom. The summed E-state index contributed by atoms with van der Waals surface area (Å²) in [4.78, 5) is 15.7. The third-order valence-electron chi connectivity index (χ3n) is 3.53. The lowest BCUT2D eigenvalue weighted by atomic mass is 10.1. The largest absolute Gasteiger partial charge is 0.334 e. The van der Waals surface area contributed by atoms with Gasteiger partial charge in [-0.2, -0.15) is 0 Å². The first kappa shape index (κ1) is 15.2. The van der Waals surface area contributed by atoms with Crippen LogP contribution in [0.15, 0.2) is 53.7 Å². The number of aryl methyl sites for hydroxylation is 1. The highest BCUT2D eigenvalue weighted by molar-refractivity contribution is 7.92. The summed E-state index contributed by atoms with van der Waals surface area (Å²) in [5.74, 6) is -0.124. The quantitative estimate of drug-likeness (QED) is 0.746. The number of nitrogens with zero attached hydrogens (tertiary/aromatic N) is 2. The van der Waals surface area contributed by atoms with Crippen LogP contribution in [0.25, 0.3) is 11.0 Å². The second kappa shape index (κ2) is 5.51. The molecule has 3 rings (SSSR count). The summed E-state index contributed by atoms with van der Waals surface area (Å²) in [5, 5.41) is 0. The van der Waals surface area contributed by atoms with E-state index in [1.807, 2.05) is 11.6 Å². The Morgan fingerprint density at radius 3 is 2.70 bits per heavy atom. The predicted octanol–water partition coefficient (Wildman–Crippen LogP) is 2.58. The van der Waals surface area contributed by atoms with Crippen LogP contribution < -0.4 is 4.72 Å². The summed E-state index contributed by atoms with van der Waals surface area (Å²) >= 11 is 0. The number of Topliss-reactive ketones (excluding diaryl/α,β-unsaturated/α-hetero) is 1. The van der Waals surface area contributed by atoms with E-state index in [0.717, 1.165) is 5.52 Å². The highest BCUT2D eigenvalue weighted by Gasteiger charge is 2.16. The van der Waals surface area contributed by atoms with Gasteiger partial charge in [0.05, 0.1) is 22.3 Å². The lowest BCUT2D eigenvalue weighted by molar-refractivity contribution is 0.101. The second-order valence-corrected chi connectivity index (χ2v) is 6.93. The first-order chi connectivity index (χ1) is 10.9. The maximum absolute atomic E-state index is 12.5. The lowest BCUT2D eigenvalue weighted by Crippen LogP contribution is -2.13. The number of rotatable bonds is 4. The molecule has 6 nitrogen and oxygen atoms in total. The average Bonchev–Trinajstić information content (AvgIpc) is 2.88. The molecule has 0 fully saturated rings. The van der Waals surface area contributed by atoms with Gasteiger partial charge in [0, 0.05) is 18.3 Å². The van der Waals surface area contributed by atoms with Crippen LogP contribution in [0.4, 0.5) is 5.69 Å². The number of fused-ring (bicyclic) bond motifs is 1. The summed E-state index contributed by atoms with van der Waals surface area (Å²) in [6.45, 7) is 1.43. The fourth-order valence-electron chi connectivity index (χ4n) is 2.30. The Hall–Kier alpha value is -2.67. The van der Waals surface area contributed by atoms with Gasteiger partial charge >= 0.3 is 0 Å². The summed E-state index contributed by atoms with van der Waals surface area (Å²) < 4.78 is 29.3. The molecule has 0 saturated heterocycles. The molecule has 1 N–H and O–H groups in total. The first-order valence-corrected chi connectivity index (χ1v) is 8.40. The van der Waals surface area contributed by atoms with Gasteiger partial charge in [-0.15, -0.1) is 0 Å². The molecule has 7 heteroatoms. The summed E-state index contributed by atoms with van der Waals surface area (Å²) in [6, 6.07) is 11.1. The number of carbonyl (C=O) groups excluding carboxylic acids is 1. The van der Waals surface area contributed by atoms with E-state index in [0.29, 0.717) is 16.8 Å². The van der Waals surface area contributed by atoms with E-state index in [-0.39, 0.29) is 10.7 Å². The standard InChI is InChI=1S/C16H15N3O3S/c1-11(20)12-4-3-5-13(8-12)18-23(21,22)14-6-7-16-15(9-14)17-10-19(16)2/h3-10,18H,1-2H3. The van der Waals surface area contributed by atoms with Crippen LogP contribution in [-0.2, 0) is 17.1 Å². The molecule has 0 spiro atoms. The zero-order valence-electron chi connectivity index (χ0n) is 12.6. The Morgan fingerprint density at radius 2 is 1.96 bits per heavy atom. The molecule has 0 unspecified atom stereocenters. The van der Waals surface area contributed by atoms with Crippen molar-refractivity contribution in [2.75, 3.05) is 4.72 Å². The van der Waals surface area contributed by atoms with Crippen LogP contribution in [0, 0.1) is 0 Å². The lowest BCUT2D eigenvalue weighted by Gasteiger charge is -2.09. The van der Waals surface area contributed by atoms with E-state index in [9.17, 15) is 13.2 Å². The molecule has 1 heterocycles. The molecule has 0 aliphatic heterocycles. The number of carbonyl (C=O) groups is 1. The highest BCUT2D eigenvalue weighted by atomic mass is 32.2. The molecule has 0 atom stereocenters. The third kappa shape index (κ3) is 2.95. The molecule has 0 radical (unpaired) electrons. The maximum Gasteiger partial charge on any atom is 0.261 e. The van der Waals surface area contributed by atoms with Crippen molar-refractivity contribution in [2.45, 2.75) is 11.8 Å². The number of anilines is 1. The van der Waals surface area contributed by atoms with E-state index in [2.05, 4.69) is 9.71 Å². The molecule has 0 amide bonds. The molecule has 0 saturated carbocycles. The van der Waals surface area contributed by atoms with Gasteiger partial charge in [-0.3, -0.25) is 9.52 Å². The van der Waals surface area contributed by atoms with Gasteiger partial charge in [0.2, 0.25) is 0 Å². The minimum atomic E-state index is -3.75. The van der Waals surface area contributed by atoms with Crippen molar-refractivity contribution < 1.29 is 13.2 Å². The number of nitrogens with one attached hydrogen (secondary N) is 1. The van der Waals surface area contributed by atoms with E-state index in [1.165, 1.54) is 25.1 Å². The number of aromatic nitrogens is 2. The van der Waals surface area contributed by atoms with Gasteiger partial charge < -0.3 is 4.57 Å². The number of hydrogen-bond acceptors (Lipinski definition) is 4. The highest BCUT2D eigenvalue weighted by Crippen LogP contribution is 2.21. The smallest absolute Gasteiger partial charge is 0.261 e. The molecule has 1 aromatic heterocycles. The fourth-order valence-corrected chi connectivity index (χ4v) is 3.37. The first-order valence-electron chi connectivity index (χ1n) is 6.92. The van der Waals surface area contributed by atoms with E-state index in [4.69, 9.17) is 0 Å². The number of sulfonamides is 1. The molecular formula is C16H15N3O3S. The molecule has 118 valence electrons. The zero-order chi connectivity index (χ0) is 16.6. The van der Waals surface area contributed by atoms with Crippen molar-refractivity contribution in [1.82, 2.24) is 9.55 Å². The Kier molecular flexibility index (Phi) is 3.65. The van der Waals surface area contributed by atoms with Crippen molar-refractivity contribution in [2.24, 2.45) is 7.05 Å². The monoisotopic (exact) mass is 329 g/mol. The van der Waals surface area contributed by atoms with Crippen LogP contribution in [0.2, 0.25) is 0 Å². The van der Waals surface area contributed by atoms with Crippen molar-refractivity contribution in [1.29, 1.82) is 0 Å². The van der Waals surface area contributed by atoms with Crippen LogP contribution >= 0.6 is 0 Å². The maximum atomic E-state index is 12.5. The van der Waals surface area contributed by atoms with Crippen LogP contribution in [0.3, 0.4) is 0 Å². The van der Waals surface area contributed by atoms with Gasteiger partial charge in [0.25, 0.3) is 10.0 Å². The third-order valence-corrected chi connectivity index (χ3v) is 4.91. The van der Waals surface area contributed by atoms with E-state index < -0.39 is 10.0 Å². The second-order valence-electron chi connectivity index (χ2n) is 5.25. The minimum Gasteiger partial charge on any atom is -0.334 e. The van der Waals surface area contributed by atoms with Gasteiger partial charge in [0.1, 0.15) is 0 Å². The molecule has 0 bridgehead atoms. The molecule has 2 aromatic carbocycles. The Balaban J connectivity index is 1.97. The molecule has 0 aliphatic carbocycles. The average molecular weight is 329 g/mol. The van der Waals surface area contributed by atoms with Crippen LogP contribution in [-0.4, -0.2) is 23.8 Å². The van der Waals surface area contributed by atoms with Crippen molar-refractivity contribution in [3.8, 4) is 0 Å². The van der Waals surface area contributed by atoms with Crippen molar-refractivity contribution >= 4 is 32.5 Å². The van der Waals surface area contributed by atoms with Gasteiger partial charge in [-0.05, 0) is 37.3 Å². The normalized spacial score (nSPS) is 11.6. The van der Waals surface area contributed by atoms with E-state index >= 15 is 0 Å². The number of imidazole rings is 1. The van der Waals surface area contributed by atoms with Crippen LogP contribution in [0.5, 0.6) is 0 Å².